The molecule has 0 aliphatic heterocycles. The minimum atomic E-state index is -0.743. The van der Waals surface area contributed by atoms with Gasteiger partial charge in [-0.05, 0) is 42.0 Å². The van der Waals surface area contributed by atoms with Crippen LogP contribution in [0.5, 0.6) is 11.5 Å². The Hall–Kier alpha value is -3.87. The zero-order valence-corrected chi connectivity index (χ0v) is 19.9. The first-order chi connectivity index (χ1) is 16.6. The Balaban J connectivity index is 1.86. The SMILES string of the molecule is CC(=O)Oc1ccccc1C(=O)C(C)COc1ccc(-c2ccc(F)cc2F)cc1C(=O)C(C)C. The van der Waals surface area contributed by atoms with Gasteiger partial charge in [-0.25, -0.2) is 8.78 Å². The molecule has 0 amide bonds. The Labute approximate surface area is 202 Å². The number of ketones is 2. The van der Waals surface area contributed by atoms with Gasteiger partial charge in [0.15, 0.2) is 11.6 Å². The standard InChI is InChI=1S/C28H26F2O5/c1-16(2)27(32)23-13-19(21-11-10-20(29)14-24(21)30)9-12-25(23)34-15-17(3)28(33)22-7-5-6-8-26(22)35-18(4)31/h5-14,16-17H,15H2,1-4H3. The van der Waals surface area contributed by atoms with Crippen LogP contribution in [-0.4, -0.2) is 24.1 Å². The minimum absolute atomic E-state index is 0.0458. The molecule has 0 fully saturated rings. The number of carbonyl (C=O) groups is 3. The highest BCUT2D eigenvalue weighted by Crippen LogP contribution is 2.31. The van der Waals surface area contributed by atoms with E-state index in [2.05, 4.69) is 0 Å². The van der Waals surface area contributed by atoms with Gasteiger partial charge in [-0.3, -0.25) is 14.4 Å². The fourth-order valence-electron chi connectivity index (χ4n) is 3.52. The number of Topliss-reactive ketones (excluding diaryl/α,β-unsaturated/α-hetero) is 2. The first kappa shape index (κ1) is 25.7. The highest BCUT2D eigenvalue weighted by Gasteiger charge is 2.23. The van der Waals surface area contributed by atoms with Gasteiger partial charge in [-0.2, -0.15) is 0 Å². The molecule has 5 nitrogen and oxygen atoms in total. The van der Waals surface area contributed by atoms with Gasteiger partial charge in [0.1, 0.15) is 23.1 Å². The van der Waals surface area contributed by atoms with Gasteiger partial charge < -0.3 is 9.47 Å². The second-order valence-corrected chi connectivity index (χ2v) is 8.52. The number of ether oxygens (including phenoxy) is 2. The number of para-hydroxylation sites is 1. The third-order valence-corrected chi connectivity index (χ3v) is 5.35. The van der Waals surface area contributed by atoms with E-state index in [4.69, 9.17) is 9.47 Å². The molecule has 1 atom stereocenters. The predicted octanol–water partition coefficient (Wildman–Crippen LogP) is 6.29. The Bertz CT molecular complexity index is 1270. The molecule has 0 aromatic heterocycles. The average Bonchev–Trinajstić information content (AvgIpc) is 2.81. The van der Waals surface area contributed by atoms with Gasteiger partial charge in [-0.15, -0.1) is 0 Å². The van der Waals surface area contributed by atoms with E-state index in [0.717, 1.165) is 12.1 Å². The molecule has 0 saturated heterocycles. The van der Waals surface area contributed by atoms with E-state index in [1.807, 2.05) is 0 Å². The lowest BCUT2D eigenvalue weighted by Gasteiger charge is -2.17. The number of rotatable bonds is 9. The minimum Gasteiger partial charge on any atom is -0.492 e. The summed E-state index contributed by atoms with van der Waals surface area (Å²) in [6.45, 7) is 6.34. The largest absolute Gasteiger partial charge is 0.492 e. The fourth-order valence-corrected chi connectivity index (χ4v) is 3.52. The van der Waals surface area contributed by atoms with Gasteiger partial charge in [0.25, 0.3) is 0 Å². The van der Waals surface area contributed by atoms with Crippen LogP contribution in [0.3, 0.4) is 0 Å². The summed E-state index contributed by atoms with van der Waals surface area (Å²) in [5, 5.41) is 0. The van der Waals surface area contributed by atoms with Crippen molar-refractivity contribution in [3.05, 3.63) is 83.4 Å². The Kier molecular flexibility index (Phi) is 8.12. The van der Waals surface area contributed by atoms with Crippen molar-refractivity contribution >= 4 is 17.5 Å². The molecule has 3 rings (SSSR count). The summed E-state index contributed by atoms with van der Waals surface area (Å²) in [5.41, 5.74) is 1.04. The molecule has 3 aromatic carbocycles. The van der Waals surface area contributed by atoms with Crippen LogP contribution in [0.15, 0.2) is 60.7 Å². The van der Waals surface area contributed by atoms with Crippen LogP contribution in [-0.2, 0) is 4.79 Å². The number of benzene rings is 3. The molecule has 0 bridgehead atoms. The van der Waals surface area contributed by atoms with Crippen molar-refractivity contribution in [1.29, 1.82) is 0 Å². The molecule has 3 aromatic rings. The Morgan fingerprint density at radius 2 is 1.54 bits per heavy atom. The summed E-state index contributed by atoms with van der Waals surface area (Å²) in [5.74, 6) is -3.05. The molecule has 0 radical (unpaired) electrons. The summed E-state index contributed by atoms with van der Waals surface area (Å²) < 4.78 is 38.6. The van der Waals surface area contributed by atoms with Crippen LogP contribution in [0.2, 0.25) is 0 Å². The van der Waals surface area contributed by atoms with Crippen molar-refractivity contribution < 1.29 is 32.6 Å². The van der Waals surface area contributed by atoms with E-state index in [9.17, 15) is 23.2 Å². The van der Waals surface area contributed by atoms with Crippen LogP contribution in [0.1, 0.15) is 48.4 Å². The summed E-state index contributed by atoms with van der Waals surface area (Å²) in [7, 11) is 0. The van der Waals surface area contributed by atoms with Crippen LogP contribution in [0.25, 0.3) is 11.1 Å². The maximum Gasteiger partial charge on any atom is 0.308 e. The highest BCUT2D eigenvalue weighted by atomic mass is 19.1. The zero-order valence-electron chi connectivity index (χ0n) is 19.9. The number of hydrogen-bond acceptors (Lipinski definition) is 5. The molecule has 0 N–H and O–H groups in total. The highest BCUT2D eigenvalue weighted by molar-refractivity contribution is 6.02. The maximum atomic E-state index is 14.3. The normalized spacial score (nSPS) is 11.7. The number of esters is 1. The first-order valence-corrected chi connectivity index (χ1v) is 11.2. The third-order valence-electron chi connectivity index (χ3n) is 5.35. The van der Waals surface area contributed by atoms with E-state index in [-0.39, 0.29) is 52.3 Å². The monoisotopic (exact) mass is 480 g/mol. The third kappa shape index (κ3) is 6.18. The van der Waals surface area contributed by atoms with Crippen LogP contribution in [0.4, 0.5) is 8.78 Å². The van der Waals surface area contributed by atoms with E-state index in [1.54, 1.807) is 45.0 Å². The lowest BCUT2D eigenvalue weighted by atomic mass is 9.95. The number of hydrogen-bond donors (Lipinski definition) is 0. The average molecular weight is 481 g/mol. The summed E-state index contributed by atoms with van der Waals surface area (Å²) in [6, 6.07) is 14.3. The molecule has 0 spiro atoms. The van der Waals surface area contributed by atoms with Gasteiger partial charge in [0, 0.05) is 24.5 Å². The quantitative estimate of drug-likeness (QED) is 0.204. The zero-order chi connectivity index (χ0) is 25.7. The van der Waals surface area contributed by atoms with Crippen LogP contribution < -0.4 is 9.47 Å². The second kappa shape index (κ2) is 11.0. The molecule has 0 aliphatic carbocycles. The van der Waals surface area contributed by atoms with Crippen molar-refractivity contribution in [2.75, 3.05) is 6.61 Å². The lowest BCUT2D eigenvalue weighted by molar-refractivity contribution is -0.131. The number of halogens is 2. The summed E-state index contributed by atoms with van der Waals surface area (Å²) in [6.07, 6.45) is 0. The topological polar surface area (TPSA) is 69.7 Å². The second-order valence-electron chi connectivity index (χ2n) is 8.52. The van der Waals surface area contributed by atoms with E-state index in [1.165, 1.54) is 31.2 Å². The Morgan fingerprint density at radius 3 is 2.20 bits per heavy atom. The summed E-state index contributed by atoms with van der Waals surface area (Å²) >= 11 is 0. The van der Waals surface area contributed by atoms with Crippen LogP contribution >= 0.6 is 0 Å². The van der Waals surface area contributed by atoms with Gasteiger partial charge in [-0.1, -0.05) is 39.0 Å². The van der Waals surface area contributed by atoms with Gasteiger partial charge in [0.05, 0.1) is 23.7 Å². The molecule has 0 aliphatic rings. The predicted molar refractivity (Wildman–Crippen MR) is 128 cm³/mol. The van der Waals surface area contributed by atoms with Crippen molar-refractivity contribution in [2.24, 2.45) is 11.8 Å². The first-order valence-electron chi connectivity index (χ1n) is 11.2. The number of carbonyl (C=O) groups excluding carboxylic acids is 3. The van der Waals surface area contributed by atoms with E-state index in [0.29, 0.717) is 5.56 Å². The molecule has 182 valence electrons. The van der Waals surface area contributed by atoms with E-state index < -0.39 is 23.5 Å². The molecule has 0 heterocycles. The van der Waals surface area contributed by atoms with Crippen molar-refractivity contribution in [1.82, 2.24) is 0 Å². The Morgan fingerprint density at radius 1 is 0.829 bits per heavy atom. The van der Waals surface area contributed by atoms with Gasteiger partial charge in [0.2, 0.25) is 0 Å². The fraction of sp³-hybridized carbons (Fsp3) is 0.250. The van der Waals surface area contributed by atoms with E-state index >= 15 is 0 Å². The smallest absolute Gasteiger partial charge is 0.308 e. The molecule has 1 unspecified atom stereocenters. The van der Waals surface area contributed by atoms with Crippen molar-refractivity contribution in [3.8, 4) is 22.6 Å². The molecule has 0 saturated carbocycles. The lowest BCUT2D eigenvalue weighted by Crippen LogP contribution is -2.21. The summed E-state index contributed by atoms with van der Waals surface area (Å²) in [4.78, 5) is 37.2. The molecule has 35 heavy (non-hydrogen) atoms. The van der Waals surface area contributed by atoms with Crippen molar-refractivity contribution in [2.45, 2.75) is 27.7 Å². The molecular formula is C28H26F2O5. The maximum absolute atomic E-state index is 14.3. The molecule has 7 heteroatoms. The molecular weight excluding hydrogens is 454 g/mol. The van der Waals surface area contributed by atoms with Crippen molar-refractivity contribution in [3.63, 3.8) is 0 Å². The van der Waals surface area contributed by atoms with Gasteiger partial charge >= 0.3 is 5.97 Å². The van der Waals surface area contributed by atoms with Crippen LogP contribution in [0, 0.1) is 23.5 Å².